The van der Waals surface area contributed by atoms with E-state index in [0.29, 0.717) is 5.69 Å². The monoisotopic (exact) mass is 256 g/mol. The standard InChI is InChI=1S/C12H14ClFN2O/c13-9-7-8(4-5-10(9)14)16-12(17)11-3-1-2-6-15-11/h4-5,7,11,15H,1-3,6H2,(H,16,17). The smallest absolute Gasteiger partial charge is 0.241 e. The number of hydrogen-bond donors (Lipinski definition) is 2. The van der Waals surface area contributed by atoms with Crippen molar-refractivity contribution in [3.63, 3.8) is 0 Å². The van der Waals surface area contributed by atoms with Gasteiger partial charge in [-0.25, -0.2) is 4.39 Å². The summed E-state index contributed by atoms with van der Waals surface area (Å²) in [6, 6.07) is 4.00. The molecular formula is C12H14ClFN2O. The van der Waals surface area contributed by atoms with Crippen molar-refractivity contribution >= 4 is 23.2 Å². The zero-order valence-corrected chi connectivity index (χ0v) is 10.1. The summed E-state index contributed by atoms with van der Waals surface area (Å²) >= 11 is 5.64. The number of hydrogen-bond acceptors (Lipinski definition) is 2. The molecule has 0 saturated carbocycles. The molecule has 1 aromatic carbocycles. The summed E-state index contributed by atoms with van der Waals surface area (Å²) in [7, 11) is 0. The van der Waals surface area contributed by atoms with Crippen molar-refractivity contribution in [3.8, 4) is 0 Å². The van der Waals surface area contributed by atoms with Gasteiger partial charge in [0.1, 0.15) is 5.82 Å². The first-order valence-corrected chi connectivity index (χ1v) is 6.04. The van der Waals surface area contributed by atoms with Crippen molar-refractivity contribution in [2.75, 3.05) is 11.9 Å². The predicted octanol–water partition coefficient (Wildman–Crippen LogP) is 2.56. The number of rotatable bonds is 2. The average Bonchev–Trinajstić information content (AvgIpc) is 2.35. The van der Waals surface area contributed by atoms with Crippen LogP contribution in [0.15, 0.2) is 18.2 Å². The Morgan fingerprint density at radius 2 is 2.29 bits per heavy atom. The summed E-state index contributed by atoms with van der Waals surface area (Å²) in [6.45, 7) is 0.863. The van der Waals surface area contributed by atoms with E-state index in [-0.39, 0.29) is 17.0 Å². The molecule has 1 amide bonds. The predicted molar refractivity (Wildman–Crippen MR) is 65.7 cm³/mol. The van der Waals surface area contributed by atoms with Crippen LogP contribution in [0.2, 0.25) is 5.02 Å². The minimum Gasteiger partial charge on any atom is -0.325 e. The summed E-state index contributed by atoms with van der Waals surface area (Å²) in [5.74, 6) is -0.576. The van der Waals surface area contributed by atoms with Gasteiger partial charge in [-0.15, -0.1) is 0 Å². The summed E-state index contributed by atoms with van der Waals surface area (Å²) < 4.78 is 12.9. The zero-order chi connectivity index (χ0) is 12.3. The van der Waals surface area contributed by atoms with Crippen LogP contribution < -0.4 is 10.6 Å². The number of halogens is 2. The first-order chi connectivity index (χ1) is 8.16. The van der Waals surface area contributed by atoms with Gasteiger partial charge in [-0.2, -0.15) is 0 Å². The van der Waals surface area contributed by atoms with E-state index in [1.54, 1.807) is 0 Å². The van der Waals surface area contributed by atoms with Crippen molar-refractivity contribution in [2.24, 2.45) is 0 Å². The summed E-state index contributed by atoms with van der Waals surface area (Å²) in [4.78, 5) is 11.9. The minimum atomic E-state index is -0.486. The van der Waals surface area contributed by atoms with Crippen molar-refractivity contribution in [1.29, 1.82) is 0 Å². The highest BCUT2D eigenvalue weighted by molar-refractivity contribution is 6.31. The summed E-state index contributed by atoms with van der Waals surface area (Å²) in [6.07, 6.45) is 2.99. The lowest BCUT2D eigenvalue weighted by Crippen LogP contribution is -2.43. The molecular weight excluding hydrogens is 243 g/mol. The van der Waals surface area contributed by atoms with Crippen LogP contribution in [0.1, 0.15) is 19.3 Å². The van der Waals surface area contributed by atoms with Gasteiger partial charge in [-0.05, 0) is 37.6 Å². The highest BCUT2D eigenvalue weighted by Crippen LogP contribution is 2.20. The normalized spacial score (nSPS) is 20.0. The Kier molecular flexibility index (Phi) is 3.97. The first kappa shape index (κ1) is 12.3. The second kappa shape index (κ2) is 5.47. The van der Waals surface area contributed by atoms with Gasteiger partial charge in [0.25, 0.3) is 0 Å². The first-order valence-electron chi connectivity index (χ1n) is 5.66. The maximum absolute atomic E-state index is 12.9. The van der Waals surface area contributed by atoms with E-state index in [0.717, 1.165) is 25.8 Å². The highest BCUT2D eigenvalue weighted by Gasteiger charge is 2.20. The SMILES string of the molecule is O=C(Nc1ccc(F)c(Cl)c1)C1CCCCN1. The molecule has 0 aliphatic carbocycles. The Morgan fingerprint density at radius 3 is 2.94 bits per heavy atom. The number of carbonyl (C=O) groups excluding carboxylic acids is 1. The molecule has 0 bridgehead atoms. The minimum absolute atomic E-state index is 0.0133. The van der Waals surface area contributed by atoms with E-state index in [2.05, 4.69) is 10.6 Å². The van der Waals surface area contributed by atoms with Gasteiger partial charge in [0.05, 0.1) is 11.1 Å². The third kappa shape index (κ3) is 3.17. The van der Waals surface area contributed by atoms with Gasteiger partial charge >= 0.3 is 0 Å². The summed E-state index contributed by atoms with van der Waals surface area (Å²) in [5.41, 5.74) is 0.522. The number of nitrogens with one attached hydrogen (secondary N) is 2. The molecule has 1 aliphatic heterocycles. The lowest BCUT2D eigenvalue weighted by Gasteiger charge is -2.22. The van der Waals surface area contributed by atoms with Crippen molar-refractivity contribution < 1.29 is 9.18 Å². The maximum atomic E-state index is 12.9. The van der Waals surface area contributed by atoms with Crippen LogP contribution in [0, 0.1) is 5.82 Å². The maximum Gasteiger partial charge on any atom is 0.241 e. The van der Waals surface area contributed by atoms with Crippen LogP contribution in [0.4, 0.5) is 10.1 Å². The van der Waals surface area contributed by atoms with Crippen LogP contribution in [0.5, 0.6) is 0 Å². The molecule has 3 nitrogen and oxygen atoms in total. The number of piperidine rings is 1. The molecule has 1 unspecified atom stereocenters. The number of benzene rings is 1. The topological polar surface area (TPSA) is 41.1 Å². The Morgan fingerprint density at radius 1 is 1.47 bits per heavy atom. The van der Waals surface area contributed by atoms with E-state index in [1.165, 1.54) is 18.2 Å². The fraction of sp³-hybridized carbons (Fsp3) is 0.417. The van der Waals surface area contributed by atoms with Crippen LogP contribution >= 0.6 is 11.6 Å². The van der Waals surface area contributed by atoms with Gasteiger partial charge in [0, 0.05) is 5.69 Å². The second-order valence-electron chi connectivity index (χ2n) is 4.12. The van der Waals surface area contributed by atoms with Crippen LogP contribution in [0.25, 0.3) is 0 Å². The van der Waals surface area contributed by atoms with Gasteiger partial charge in [0.15, 0.2) is 0 Å². The number of amides is 1. The molecule has 92 valence electrons. The lowest BCUT2D eigenvalue weighted by atomic mass is 10.0. The number of carbonyl (C=O) groups is 1. The van der Waals surface area contributed by atoms with Gasteiger partial charge in [-0.3, -0.25) is 4.79 Å². The lowest BCUT2D eigenvalue weighted by molar-refractivity contribution is -0.118. The molecule has 1 atom stereocenters. The van der Waals surface area contributed by atoms with Gasteiger partial charge < -0.3 is 10.6 Å². The quantitative estimate of drug-likeness (QED) is 0.854. The van der Waals surface area contributed by atoms with E-state index >= 15 is 0 Å². The fourth-order valence-corrected chi connectivity index (χ4v) is 2.06. The molecule has 1 heterocycles. The zero-order valence-electron chi connectivity index (χ0n) is 9.30. The number of anilines is 1. The molecule has 2 N–H and O–H groups in total. The molecule has 0 aromatic heterocycles. The van der Waals surface area contributed by atoms with Crippen LogP contribution in [-0.4, -0.2) is 18.5 Å². The van der Waals surface area contributed by atoms with Gasteiger partial charge in [0.2, 0.25) is 5.91 Å². The Hall–Kier alpha value is -1.13. The molecule has 2 rings (SSSR count). The summed E-state index contributed by atoms with van der Waals surface area (Å²) in [5, 5.41) is 5.89. The van der Waals surface area contributed by atoms with E-state index < -0.39 is 5.82 Å². The fourth-order valence-electron chi connectivity index (χ4n) is 1.88. The molecule has 1 saturated heterocycles. The average molecular weight is 257 g/mol. The van der Waals surface area contributed by atoms with Crippen LogP contribution in [-0.2, 0) is 4.79 Å². The molecule has 1 aromatic rings. The molecule has 0 spiro atoms. The Balaban J connectivity index is 1.99. The molecule has 17 heavy (non-hydrogen) atoms. The third-order valence-electron chi connectivity index (χ3n) is 2.81. The van der Waals surface area contributed by atoms with E-state index in [1.807, 2.05) is 0 Å². The largest absolute Gasteiger partial charge is 0.325 e. The van der Waals surface area contributed by atoms with Crippen LogP contribution in [0.3, 0.4) is 0 Å². The molecule has 1 aliphatic rings. The van der Waals surface area contributed by atoms with Crippen molar-refractivity contribution in [2.45, 2.75) is 25.3 Å². The van der Waals surface area contributed by atoms with E-state index in [4.69, 9.17) is 11.6 Å². The highest BCUT2D eigenvalue weighted by atomic mass is 35.5. The Bertz CT molecular complexity index is 419. The van der Waals surface area contributed by atoms with Crippen molar-refractivity contribution in [1.82, 2.24) is 5.32 Å². The molecule has 0 radical (unpaired) electrons. The molecule has 1 fully saturated rings. The van der Waals surface area contributed by atoms with E-state index in [9.17, 15) is 9.18 Å². The third-order valence-corrected chi connectivity index (χ3v) is 3.10. The second-order valence-corrected chi connectivity index (χ2v) is 4.53. The van der Waals surface area contributed by atoms with Gasteiger partial charge in [-0.1, -0.05) is 18.0 Å². The molecule has 5 heteroatoms. The Labute approximate surface area is 104 Å². The van der Waals surface area contributed by atoms with Crippen molar-refractivity contribution in [3.05, 3.63) is 29.0 Å².